The first kappa shape index (κ1) is 19.1. The Bertz CT molecular complexity index is 596. The second kappa shape index (κ2) is 10.6. The molecule has 0 aliphatic rings. The van der Waals surface area contributed by atoms with Crippen LogP contribution in [0.3, 0.4) is 0 Å². The van der Waals surface area contributed by atoms with Crippen LogP contribution < -0.4 is 14.8 Å². The first-order valence-corrected chi connectivity index (χ1v) is 9.01. The van der Waals surface area contributed by atoms with Crippen molar-refractivity contribution in [1.82, 2.24) is 0 Å². The Kier molecular flexibility index (Phi) is 8.13. The van der Waals surface area contributed by atoms with Gasteiger partial charge in [-0.3, -0.25) is 0 Å². The summed E-state index contributed by atoms with van der Waals surface area (Å²) >= 11 is 0. The zero-order valence-corrected chi connectivity index (χ0v) is 15.5. The molecular formula is C21H29NO3. The minimum absolute atomic E-state index is 0.248. The molecule has 136 valence electrons. The van der Waals surface area contributed by atoms with Crippen LogP contribution in [0.4, 0.5) is 5.69 Å². The summed E-state index contributed by atoms with van der Waals surface area (Å²) in [4.78, 5) is 0. The Hall–Kier alpha value is -2.20. The molecule has 2 rings (SSSR count). The van der Waals surface area contributed by atoms with E-state index in [0.717, 1.165) is 36.8 Å². The molecule has 4 heteroatoms. The molecule has 0 aromatic heterocycles. The highest BCUT2D eigenvalue weighted by atomic mass is 16.5. The smallest absolute Gasteiger partial charge is 0.119 e. The van der Waals surface area contributed by atoms with Crippen molar-refractivity contribution in [2.45, 2.75) is 39.8 Å². The van der Waals surface area contributed by atoms with E-state index in [-0.39, 0.29) is 6.10 Å². The number of hydrogen-bond acceptors (Lipinski definition) is 4. The summed E-state index contributed by atoms with van der Waals surface area (Å²) in [6.07, 6.45) is 1.26. The van der Waals surface area contributed by atoms with Crippen LogP contribution in [0, 0.1) is 0 Å². The van der Waals surface area contributed by atoms with E-state index in [0.29, 0.717) is 13.2 Å². The molecule has 0 heterocycles. The largest absolute Gasteiger partial charge is 0.491 e. The van der Waals surface area contributed by atoms with Crippen molar-refractivity contribution in [2.24, 2.45) is 0 Å². The van der Waals surface area contributed by atoms with Gasteiger partial charge in [-0.1, -0.05) is 19.1 Å². The van der Waals surface area contributed by atoms with Crippen LogP contribution in [-0.4, -0.2) is 25.9 Å². The van der Waals surface area contributed by atoms with E-state index in [4.69, 9.17) is 14.2 Å². The second-order valence-electron chi connectivity index (χ2n) is 5.90. The van der Waals surface area contributed by atoms with Gasteiger partial charge in [0.25, 0.3) is 0 Å². The zero-order chi connectivity index (χ0) is 17.9. The van der Waals surface area contributed by atoms with Crippen LogP contribution in [0.1, 0.15) is 32.8 Å². The minimum atomic E-state index is 0.248. The molecule has 0 bridgehead atoms. The minimum Gasteiger partial charge on any atom is -0.491 e. The van der Waals surface area contributed by atoms with Gasteiger partial charge in [0.05, 0.1) is 12.7 Å². The fourth-order valence-corrected chi connectivity index (χ4v) is 2.24. The van der Waals surface area contributed by atoms with Gasteiger partial charge in [0.1, 0.15) is 18.1 Å². The molecule has 0 aliphatic carbocycles. The average molecular weight is 343 g/mol. The number of hydrogen-bond donors (Lipinski definition) is 1. The van der Waals surface area contributed by atoms with Crippen molar-refractivity contribution in [3.8, 4) is 11.5 Å². The Morgan fingerprint density at radius 2 is 1.56 bits per heavy atom. The van der Waals surface area contributed by atoms with E-state index in [1.54, 1.807) is 0 Å². The molecule has 1 unspecified atom stereocenters. The van der Waals surface area contributed by atoms with E-state index >= 15 is 0 Å². The van der Waals surface area contributed by atoms with Crippen LogP contribution in [-0.2, 0) is 11.3 Å². The molecule has 2 aromatic carbocycles. The number of anilines is 1. The lowest BCUT2D eigenvalue weighted by atomic mass is 10.2. The standard InChI is InChI=1S/C21H29NO3/c1-4-17(3)25-21-10-6-18(7-11-21)16-22-19-8-12-20(13-9-19)24-15-14-23-5-2/h6-13,17,22H,4-5,14-16H2,1-3H3. The Morgan fingerprint density at radius 3 is 2.20 bits per heavy atom. The van der Waals surface area contributed by atoms with Gasteiger partial charge in [0.2, 0.25) is 0 Å². The quantitative estimate of drug-likeness (QED) is 0.590. The van der Waals surface area contributed by atoms with E-state index in [2.05, 4.69) is 31.3 Å². The van der Waals surface area contributed by atoms with Crippen molar-refractivity contribution >= 4 is 5.69 Å². The summed E-state index contributed by atoms with van der Waals surface area (Å²) in [6, 6.07) is 16.2. The Morgan fingerprint density at radius 1 is 0.880 bits per heavy atom. The third kappa shape index (κ3) is 7.06. The predicted molar refractivity (Wildman–Crippen MR) is 103 cm³/mol. The Labute approximate surface area is 151 Å². The molecule has 1 N–H and O–H groups in total. The van der Waals surface area contributed by atoms with E-state index < -0.39 is 0 Å². The summed E-state index contributed by atoms with van der Waals surface area (Å²) in [5.41, 5.74) is 2.28. The molecule has 25 heavy (non-hydrogen) atoms. The SMILES string of the molecule is CCOCCOc1ccc(NCc2ccc(OC(C)CC)cc2)cc1. The molecule has 0 aliphatic heterocycles. The molecule has 0 spiro atoms. The molecule has 0 amide bonds. The lowest BCUT2D eigenvalue weighted by Gasteiger charge is -2.13. The predicted octanol–water partition coefficient (Wildman–Crippen LogP) is 4.89. The van der Waals surface area contributed by atoms with Gasteiger partial charge in [-0.05, 0) is 62.2 Å². The van der Waals surface area contributed by atoms with E-state index in [1.807, 2.05) is 43.3 Å². The zero-order valence-electron chi connectivity index (χ0n) is 15.5. The topological polar surface area (TPSA) is 39.7 Å². The molecule has 0 radical (unpaired) electrons. The van der Waals surface area contributed by atoms with Crippen LogP contribution in [0.5, 0.6) is 11.5 Å². The highest BCUT2D eigenvalue weighted by Gasteiger charge is 2.01. The highest BCUT2D eigenvalue weighted by molar-refractivity contribution is 5.47. The second-order valence-corrected chi connectivity index (χ2v) is 5.90. The summed E-state index contributed by atoms with van der Waals surface area (Å²) in [7, 11) is 0. The summed E-state index contributed by atoms with van der Waals surface area (Å²) in [5.74, 6) is 1.78. The van der Waals surface area contributed by atoms with Crippen LogP contribution in [0.15, 0.2) is 48.5 Å². The number of nitrogens with one attached hydrogen (secondary N) is 1. The first-order chi connectivity index (χ1) is 12.2. The molecule has 1 atom stereocenters. The third-order valence-corrected chi connectivity index (χ3v) is 3.89. The summed E-state index contributed by atoms with van der Waals surface area (Å²) in [5, 5.41) is 3.41. The number of benzene rings is 2. The van der Waals surface area contributed by atoms with Crippen molar-refractivity contribution < 1.29 is 14.2 Å². The molecule has 4 nitrogen and oxygen atoms in total. The highest BCUT2D eigenvalue weighted by Crippen LogP contribution is 2.18. The number of ether oxygens (including phenoxy) is 3. The van der Waals surface area contributed by atoms with Crippen LogP contribution in [0.2, 0.25) is 0 Å². The normalized spacial score (nSPS) is 11.8. The molecule has 2 aromatic rings. The molecular weight excluding hydrogens is 314 g/mol. The average Bonchev–Trinajstić information content (AvgIpc) is 2.65. The van der Waals surface area contributed by atoms with Gasteiger partial charge < -0.3 is 19.5 Å². The maximum absolute atomic E-state index is 5.80. The number of rotatable bonds is 11. The van der Waals surface area contributed by atoms with Crippen molar-refractivity contribution in [3.63, 3.8) is 0 Å². The maximum Gasteiger partial charge on any atom is 0.119 e. The van der Waals surface area contributed by atoms with Gasteiger partial charge in [-0.15, -0.1) is 0 Å². The van der Waals surface area contributed by atoms with Gasteiger partial charge in [0.15, 0.2) is 0 Å². The van der Waals surface area contributed by atoms with Gasteiger partial charge in [-0.25, -0.2) is 0 Å². The maximum atomic E-state index is 5.80. The summed E-state index contributed by atoms with van der Waals surface area (Å²) in [6.45, 7) is 8.87. The van der Waals surface area contributed by atoms with Crippen molar-refractivity contribution in [2.75, 3.05) is 25.1 Å². The monoisotopic (exact) mass is 343 g/mol. The fourth-order valence-electron chi connectivity index (χ4n) is 2.24. The molecule has 0 saturated carbocycles. The fraction of sp³-hybridized carbons (Fsp3) is 0.429. The lowest BCUT2D eigenvalue weighted by Crippen LogP contribution is -2.09. The van der Waals surface area contributed by atoms with Crippen LogP contribution in [0.25, 0.3) is 0 Å². The lowest BCUT2D eigenvalue weighted by molar-refractivity contribution is 0.110. The van der Waals surface area contributed by atoms with Crippen LogP contribution >= 0.6 is 0 Å². The molecule has 0 saturated heterocycles. The third-order valence-electron chi connectivity index (χ3n) is 3.89. The summed E-state index contributed by atoms with van der Waals surface area (Å²) < 4.78 is 16.7. The first-order valence-electron chi connectivity index (χ1n) is 9.01. The van der Waals surface area contributed by atoms with Crippen molar-refractivity contribution in [3.05, 3.63) is 54.1 Å². The van der Waals surface area contributed by atoms with Gasteiger partial charge in [-0.2, -0.15) is 0 Å². The molecule has 0 fully saturated rings. The Balaban J connectivity index is 1.77. The van der Waals surface area contributed by atoms with Gasteiger partial charge >= 0.3 is 0 Å². The van der Waals surface area contributed by atoms with E-state index in [1.165, 1.54) is 5.56 Å². The van der Waals surface area contributed by atoms with Gasteiger partial charge in [0, 0.05) is 18.8 Å². The van der Waals surface area contributed by atoms with Crippen molar-refractivity contribution in [1.29, 1.82) is 0 Å². The van der Waals surface area contributed by atoms with E-state index in [9.17, 15) is 0 Å².